The molecule has 1 unspecified atom stereocenters. The number of hydrogen-bond donors (Lipinski definition) is 2. The number of nitrogens with one attached hydrogen (secondary N) is 1. The molecule has 0 saturated carbocycles. The fraction of sp³-hybridized carbons (Fsp3) is 0.588. The summed E-state index contributed by atoms with van der Waals surface area (Å²) < 4.78 is 0. The minimum atomic E-state index is -0.417. The second-order valence-corrected chi connectivity index (χ2v) is 6.94. The van der Waals surface area contributed by atoms with Crippen molar-refractivity contribution in [1.82, 2.24) is 5.32 Å². The number of halogens is 1. The van der Waals surface area contributed by atoms with Gasteiger partial charge in [-0.3, -0.25) is 4.79 Å². The first-order chi connectivity index (χ1) is 9.93. The molecule has 1 rings (SSSR count). The van der Waals surface area contributed by atoms with E-state index in [9.17, 15) is 4.79 Å². The number of benzene rings is 1. The Hall–Kier alpha value is -0.710. The number of rotatable bonds is 8. The number of carbonyl (C=O) groups is 1. The van der Waals surface area contributed by atoms with Crippen LogP contribution in [0.25, 0.3) is 0 Å². The average molecular weight is 345 g/mol. The number of hydrogen-bond acceptors (Lipinski definition) is 3. The van der Waals surface area contributed by atoms with Crippen molar-refractivity contribution in [1.29, 1.82) is 0 Å². The van der Waals surface area contributed by atoms with E-state index in [1.807, 2.05) is 13.2 Å². The Bertz CT molecular complexity index is 437. The normalized spacial score (nSPS) is 13.4. The van der Waals surface area contributed by atoms with Gasteiger partial charge in [0.05, 0.1) is 12.1 Å². The number of carbonyl (C=O) groups excluding carboxylic acids is 1. The highest BCUT2D eigenvalue weighted by Gasteiger charge is 2.16. The molecule has 3 N–H and O–H groups in total. The third kappa shape index (κ3) is 7.52. The molecule has 1 aromatic rings. The summed E-state index contributed by atoms with van der Waals surface area (Å²) in [7, 11) is 0. The summed E-state index contributed by atoms with van der Waals surface area (Å²) in [4.78, 5) is 12.0. The zero-order valence-corrected chi connectivity index (χ0v) is 15.6. The lowest BCUT2D eigenvalue weighted by atomic mass is 10.00. The Morgan fingerprint density at radius 3 is 2.32 bits per heavy atom. The van der Waals surface area contributed by atoms with Gasteiger partial charge in [0.2, 0.25) is 5.91 Å². The van der Waals surface area contributed by atoms with Crippen LogP contribution in [0.5, 0.6) is 0 Å². The van der Waals surface area contributed by atoms with Crippen molar-refractivity contribution in [2.45, 2.75) is 45.7 Å². The second-order valence-electron chi connectivity index (χ2n) is 5.96. The molecule has 3 nitrogen and oxygen atoms in total. The van der Waals surface area contributed by atoms with Crippen LogP contribution < -0.4 is 11.1 Å². The zero-order chi connectivity index (χ0) is 15.8. The van der Waals surface area contributed by atoms with Crippen molar-refractivity contribution in [3.05, 3.63) is 35.4 Å². The van der Waals surface area contributed by atoms with E-state index in [1.165, 1.54) is 5.56 Å². The van der Waals surface area contributed by atoms with E-state index in [-0.39, 0.29) is 24.4 Å². The second kappa shape index (κ2) is 10.9. The highest BCUT2D eigenvalue weighted by molar-refractivity contribution is 7.98. The van der Waals surface area contributed by atoms with E-state index in [0.29, 0.717) is 12.3 Å². The van der Waals surface area contributed by atoms with Gasteiger partial charge in [-0.1, -0.05) is 38.1 Å². The smallest absolute Gasteiger partial charge is 0.237 e. The van der Waals surface area contributed by atoms with Crippen LogP contribution in [0.1, 0.15) is 44.4 Å². The molecule has 5 heteroatoms. The molecule has 0 fully saturated rings. The van der Waals surface area contributed by atoms with E-state index in [0.717, 1.165) is 17.7 Å². The molecule has 0 aromatic heterocycles. The Labute approximate surface area is 145 Å². The number of thioether (sulfide) groups is 1. The van der Waals surface area contributed by atoms with E-state index in [2.05, 4.69) is 43.4 Å². The minimum absolute atomic E-state index is 0. The number of amides is 1. The molecule has 0 aliphatic carbocycles. The van der Waals surface area contributed by atoms with Gasteiger partial charge >= 0.3 is 0 Å². The van der Waals surface area contributed by atoms with Gasteiger partial charge in [-0.25, -0.2) is 0 Å². The lowest BCUT2D eigenvalue weighted by Gasteiger charge is -2.18. The first-order valence-corrected chi connectivity index (χ1v) is 8.97. The van der Waals surface area contributed by atoms with Crippen molar-refractivity contribution < 1.29 is 4.79 Å². The molecule has 0 heterocycles. The average Bonchev–Trinajstić information content (AvgIpc) is 2.44. The van der Waals surface area contributed by atoms with Crippen LogP contribution in [0.3, 0.4) is 0 Å². The maximum absolute atomic E-state index is 12.0. The van der Waals surface area contributed by atoms with Gasteiger partial charge < -0.3 is 11.1 Å². The topological polar surface area (TPSA) is 55.1 Å². The minimum Gasteiger partial charge on any atom is -0.348 e. The SMILES string of the molecule is CSCC[C@H](N)C(=O)NC(C)c1ccc(CC(C)C)cc1.Cl. The van der Waals surface area contributed by atoms with E-state index in [4.69, 9.17) is 5.73 Å². The Balaban J connectivity index is 0.00000441. The molecule has 0 aliphatic heterocycles. The largest absolute Gasteiger partial charge is 0.348 e. The molecular formula is C17H29ClN2OS. The van der Waals surface area contributed by atoms with Crippen molar-refractivity contribution >= 4 is 30.1 Å². The summed E-state index contributed by atoms with van der Waals surface area (Å²) in [5, 5.41) is 2.99. The van der Waals surface area contributed by atoms with E-state index < -0.39 is 6.04 Å². The maximum atomic E-state index is 12.0. The molecule has 0 bridgehead atoms. The third-order valence-corrected chi connectivity index (χ3v) is 4.10. The molecule has 22 heavy (non-hydrogen) atoms. The molecule has 0 spiro atoms. The Morgan fingerprint density at radius 2 is 1.82 bits per heavy atom. The van der Waals surface area contributed by atoms with Crippen LogP contribution >= 0.6 is 24.2 Å². The van der Waals surface area contributed by atoms with Gasteiger partial charge in [-0.15, -0.1) is 12.4 Å². The summed E-state index contributed by atoms with van der Waals surface area (Å²) in [5.74, 6) is 1.50. The van der Waals surface area contributed by atoms with Gasteiger partial charge in [0, 0.05) is 0 Å². The van der Waals surface area contributed by atoms with E-state index >= 15 is 0 Å². The maximum Gasteiger partial charge on any atom is 0.237 e. The van der Waals surface area contributed by atoms with Crippen LogP contribution in [-0.2, 0) is 11.2 Å². The predicted molar refractivity (Wildman–Crippen MR) is 99.8 cm³/mol. The fourth-order valence-electron chi connectivity index (χ4n) is 2.19. The molecule has 0 radical (unpaired) electrons. The highest BCUT2D eigenvalue weighted by Crippen LogP contribution is 2.15. The molecule has 0 saturated heterocycles. The van der Waals surface area contributed by atoms with E-state index in [1.54, 1.807) is 11.8 Å². The van der Waals surface area contributed by atoms with Gasteiger partial charge in [-0.05, 0) is 48.8 Å². The Kier molecular flexibility index (Phi) is 10.6. The van der Waals surface area contributed by atoms with Crippen LogP contribution in [0.15, 0.2) is 24.3 Å². The van der Waals surface area contributed by atoms with Gasteiger partial charge in [0.15, 0.2) is 0 Å². The summed E-state index contributed by atoms with van der Waals surface area (Å²) >= 11 is 1.71. The van der Waals surface area contributed by atoms with Gasteiger partial charge in [0.1, 0.15) is 0 Å². The molecule has 126 valence electrons. The lowest BCUT2D eigenvalue weighted by Crippen LogP contribution is -2.41. The quantitative estimate of drug-likeness (QED) is 0.758. The van der Waals surface area contributed by atoms with Crippen molar-refractivity contribution in [2.75, 3.05) is 12.0 Å². The first-order valence-electron chi connectivity index (χ1n) is 7.57. The summed E-state index contributed by atoms with van der Waals surface area (Å²) in [6.45, 7) is 6.43. The van der Waals surface area contributed by atoms with Crippen LogP contribution in [-0.4, -0.2) is 24.0 Å². The predicted octanol–water partition coefficient (Wildman–Crippen LogP) is 3.56. The Morgan fingerprint density at radius 1 is 1.23 bits per heavy atom. The van der Waals surface area contributed by atoms with Gasteiger partial charge in [0.25, 0.3) is 0 Å². The highest BCUT2D eigenvalue weighted by atomic mass is 35.5. The standard InChI is InChI=1S/C17H28N2OS.ClH/c1-12(2)11-14-5-7-15(8-6-14)13(3)19-17(20)16(18)9-10-21-4;/h5-8,12-13,16H,9-11,18H2,1-4H3,(H,19,20);1H/t13?,16-;/m0./s1. The number of nitrogens with two attached hydrogens (primary N) is 1. The summed E-state index contributed by atoms with van der Waals surface area (Å²) in [6, 6.07) is 8.05. The summed E-state index contributed by atoms with van der Waals surface area (Å²) in [6.07, 6.45) is 3.82. The molecule has 1 amide bonds. The van der Waals surface area contributed by atoms with Crippen molar-refractivity contribution in [3.8, 4) is 0 Å². The fourth-order valence-corrected chi connectivity index (χ4v) is 2.68. The lowest BCUT2D eigenvalue weighted by molar-refractivity contribution is -0.123. The van der Waals surface area contributed by atoms with Crippen LogP contribution in [0, 0.1) is 5.92 Å². The molecule has 2 atom stereocenters. The monoisotopic (exact) mass is 344 g/mol. The van der Waals surface area contributed by atoms with Crippen LogP contribution in [0.2, 0.25) is 0 Å². The third-order valence-electron chi connectivity index (χ3n) is 3.45. The molecular weight excluding hydrogens is 316 g/mol. The van der Waals surface area contributed by atoms with Gasteiger partial charge in [-0.2, -0.15) is 11.8 Å². The first kappa shape index (κ1) is 21.3. The summed E-state index contributed by atoms with van der Waals surface area (Å²) in [5.41, 5.74) is 8.34. The van der Waals surface area contributed by atoms with Crippen molar-refractivity contribution in [2.24, 2.45) is 11.7 Å². The molecule has 1 aromatic carbocycles. The zero-order valence-electron chi connectivity index (χ0n) is 14.0. The molecule has 0 aliphatic rings. The van der Waals surface area contributed by atoms with Crippen molar-refractivity contribution in [3.63, 3.8) is 0 Å². The van der Waals surface area contributed by atoms with Crippen LogP contribution in [0.4, 0.5) is 0 Å².